The second-order valence-electron chi connectivity index (χ2n) is 8.55. The number of hydrogen-bond acceptors (Lipinski definition) is 6. The van der Waals surface area contributed by atoms with Crippen LogP contribution in [0.1, 0.15) is 19.4 Å². The predicted molar refractivity (Wildman–Crippen MR) is 135 cm³/mol. The van der Waals surface area contributed by atoms with Crippen molar-refractivity contribution in [3.8, 4) is 40.0 Å². The minimum atomic E-state index is -0.113. The number of hydrogen-bond donors (Lipinski definition) is 0. The molecule has 0 radical (unpaired) electrons. The fourth-order valence-corrected chi connectivity index (χ4v) is 3.97. The average molecular weight is 468 g/mol. The van der Waals surface area contributed by atoms with Crippen LogP contribution >= 0.6 is 0 Å². The summed E-state index contributed by atoms with van der Waals surface area (Å²) < 4.78 is 18.6. The molecular formula is C28H25N3O4. The van der Waals surface area contributed by atoms with Gasteiger partial charge in [0.2, 0.25) is 5.82 Å². The van der Waals surface area contributed by atoms with Gasteiger partial charge in [-0.3, -0.25) is 9.36 Å². The summed E-state index contributed by atoms with van der Waals surface area (Å²) in [5, 5.41) is 5.52. The first-order chi connectivity index (χ1) is 16.9. The molecule has 0 unspecified atom stereocenters. The molecule has 0 aliphatic carbocycles. The number of fused-ring (bicyclic) bond motifs is 1. The van der Waals surface area contributed by atoms with E-state index in [0.717, 1.165) is 22.2 Å². The molecule has 0 atom stereocenters. The highest BCUT2D eigenvalue weighted by Crippen LogP contribution is 2.34. The van der Waals surface area contributed by atoms with Gasteiger partial charge in [-0.15, -0.1) is 0 Å². The molecular weight excluding hydrogens is 442 g/mol. The summed E-state index contributed by atoms with van der Waals surface area (Å²) in [5.41, 5.74) is 3.16. The normalized spacial score (nSPS) is 11.2. The number of ether oxygens (including phenoxy) is 2. The van der Waals surface area contributed by atoms with Gasteiger partial charge in [0.15, 0.2) is 11.5 Å². The number of methoxy groups -OCH3 is 1. The van der Waals surface area contributed by atoms with E-state index in [-0.39, 0.29) is 11.7 Å². The molecule has 7 nitrogen and oxygen atoms in total. The Morgan fingerprint density at radius 3 is 2.40 bits per heavy atom. The van der Waals surface area contributed by atoms with Crippen LogP contribution in [0.15, 0.2) is 82.2 Å². The number of nitrogens with zero attached hydrogens (tertiary/aromatic N) is 3. The third-order valence-corrected chi connectivity index (χ3v) is 5.68. The molecule has 5 rings (SSSR count). The molecule has 0 amide bonds. The summed E-state index contributed by atoms with van der Waals surface area (Å²) >= 11 is 0. The SMILES string of the molecule is COc1cc(-c2noc(-c3cn(-c4ccc(C)cc4)c(=O)c4ccccc34)n2)ccc1OC(C)C. The van der Waals surface area contributed by atoms with Crippen LogP contribution in [0.3, 0.4) is 0 Å². The lowest BCUT2D eigenvalue weighted by atomic mass is 10.1. The lowest BCUT2D eigenvalue weighted by molar-refractivity contribution is 0.230. The van der Waals surface area contributed by atoms with E-state index in [0.29, 0.717) is 34.2 Å². The molecule has 176 valence electrons. The van der Waals surface area contributed by atoms with Crippen molar-refractivity contribution in [2.24, 2.45) is 0 Å². The van der Waals surface area contributed by atoms with Crippen molar-refractivity contribution < 1.29 is 14.0 Å². The summed E-state index contributed by atoms with van der Waals surface area (Å²) in [6, 6.07) is 20.7. The highest BCUT2D eigenvalue weighted by Gasteiger charge is 2.18. The number of rotatable bonds is 6. The van der Waals surface area contributed by atoms with Gasteiger partial charge in [-0.2, -0.15) is 4.98 Å². The smallest absolute Gasteiger partial charge is 0.262 e. The van der Waals surface area contributed by atoms with Crippen molar-refractivity contribution in [2.45, 2.75) is 26.9 Å². The van der Waals surface area contributed by atoms with Gasteiger partial charge in [0.1, 0.15) is 0 Å². The van der Waals surface area contributed by atoms with Crippen molar-refractivity contribution >= 4 is 10.8 Å². The van der Waals surface area contributed by atoms with Gasteiger partial charge < -0.3 is 14.0 Å². The first kappa shape index (κ1) is 22.4. The Labute approximate surface area is 202 Å². The average Bonchev–Trinajstić information content (AvgIpc) is 3.35. The predicted octanol–water partition coefficient (Wildman–Crippen LogP) is 5.81. The molecule has 2 heterocycles. The lowest BCUT2D eigenvalue weighted by Crippen LogP contribution is -2.18. The van der Waals surface area contributed by atoms with Gasteiger partial charge in [0.05, 0.1) is 18.8 Å². The monoisotopic (exact) mass is 467 g/mol. The summed E-state index contributed by atoms with van der Waals surface area (Å²) in [5.74, 6) is 1.96. The number of benzene rings is 3. The zero-order valence-electron chi connectivity index (χ0n) is 20.0. The summed E-state index contributed by atoms with van der Waals surface area (Å²) in [6.45, 7) is 5.92. The van der Waals surface area contributed by atoms with E-state index in [1.165, 1.54) is 0 Å². The van der Waals surface area contributed by atoms with Crippen LogP contribution in [0.4, 0.5) is 0 Å². The molecule has 0 aliphatic rings. The molecule has 2 aromatic heterocycles. The van der Waals surface area contributed by atoms with Gasteiger partial charge in [0, 0.05) is 28.2 Å². The zero-order valence-corrected chi connectivity index (χ0v) is 20.0. The van der Waals surface area contributed by atoms with Gasteiger partial charge in [-0.25, -0.2) is 0 Å². The van der Waals surface area contributed by atoms with Crippen molar-refractivity contribution in [3.05, 3.63) is 88.8 Å². The van der Waals surface area contributed by atoms with E-state index < -0.39 is 0 Å². The van der Waals surface area contributed by atoms with Crippen LogP contribution in [-0.4, -0.2) is 27.9 Å². The third-order valence-electron chi connectivity index (χ3n) is 5.68. The summed E-state index contributed by atoms with van der Waals surface area (Å²) in [4.78, 5) is 17.9. The Morgan fingerprint density at radius 1 is 0.943 bits per heavy atom. The third kappa shape index (κ3) is 4.28. The molecule has 7 heteroatoms. The highest BCUT2D eigenvalue weighted by atomic mass is 16.5. The van der Waals surface area contributed by atoms with E-state index >= 15 is 0 Å². The Bertz CT molecular complexity index is 1570. The first-order valence-electron chi connectivity index (χ1n) is 11.3. The van der Waals surface area contributed by atoms with Crippen LogP contribution in [0, 0.1) is 6.92 Å². The molecule has 3 aromatic carbocycles. The molecule has 5 aromatic rings. The minimum absolute atomic E-state index is 0.0176. The van der Waals surface area contributed by atoms with E-state index in [9.17, 15) is 4.79 Å². The van der Waals surface area contributed by atoms with Crippen molar-refractivity contribution in [3.63, 3.8) is 0 Å². The fourth-order valence-electron chi connectivity index (χ4n) is 3.97. The van der Waals surface area contributed by atoms with Gasteiger partial charge in [-0.05, 0) is 57.2 Å². The largest absolute Gasteiger partial charge is 0.493 e. The van der Waals surface area contributed by atoms with Gasteiger partial charge >= 0.3 is 0 Å². The zero-order chi connectivity index (χ0) is 24.5. The molecule has 0 saturated heterocycles. The molecule has 0 N–H and O–H groups in total. The minimum Gasteiger partial charge on any atom is -0.493 e. The van der Waals surface area contributed by atoms with E-state index in [1.807, 2.05) is 81.4 Å². The van der Waals surface area contributed by atoms with E-state index in [2.05, 4.69) is 10.1 Å². The second-order valence-corrected chi connectivity index (χ2v) is 8.55. The van der Waals surface area contributed by atoms with Crippen molar-refractivity contribution in [2.75, 3.05) is 7.11 Å². The number of aromatic nitrogens is 3. The lowest BCUT2D eigenvalue weighted by Gasteiger charge is -2.13. The van der Waals surface area contributed by atoms with Crippen LogP contribution in [-0.2, 0) is 0 Å². The van der Waals surface area contributed by atoms with E-state index in [4.69, 9.17) is 14.0 Å². The number of aryl methyl sites for hydroxylation is 1. The quantitative estimate of drug-likeness (QED) is 0.313. The van der Waals surface area contributed by atoms with E-state index in [1.54, 1.807) is 23.9 Å². The standard InChI is InChI=1S/C28H25N3O4/c1-17(2)34-24-14-11-19(15-25(24)33-4)26-29-27(35-30-26)23-16-31(20-12-9-18(3)10-13-20)28(32)22-8-6-5-7-21(22)23/h5-17H,1-4H3. The topological polar surface area (TPSA) is 79.4 Å². The maximum atomic E-state index is 13.3. The molecule has 0 spiro atoms. The first-order valence-corrected chi connectivity index (χ1v) is 11.3. The van der Waals surface area contributed by atoms with Crippen molar-refractivity contribution in [1.82, 2.24) is 14.7 Å². The van der Waals surface area contributed by atoms with Crippen LogP contribution < -0.4 is 15.0 Å². The van der Waals surface area contributed by atoms with Gasteiger partial charge in [-0.1, -0.05) is 41.1 Å². The van der Waals surface area contributed by atoms with Crippen LogP contribution in [0.2, 0.25) is 0 Å². The molecule has 0 fully saturated rings. The molecule has 0 bridgehead atoms. The summed E-state index contributed by atoms with van der Waals surface area (Å²) in [7, 11) is 1.59. The Kier molecular flexibility index (Phi) is 5.82. The highest BCUT2D eigenvalue weighted by molar-refractivity contribution is 5.94. The molecule has 0 saturated carbocycles. The molecule has 35 heavy (non-hydrogen) atoms. The van der Waals surface area contributed by atoms with Crippen LogP contribution in [0.5, 0.6) is 11.5 Å². The maximum absolute atomic E-state index is 13.3. The summed E-state index contributed by atoms with van der Waals surface area (Å²) in [6.07, 6.45) is 1.77. The fraction of sp³-hybridized carbons (Fsp3) is 0.179. The Morgan fingerprint density at radius 2 is 1.69 bits per heavy atom. The van der Waals surface area contributed by atoms with Gasteiger partial charge in [0.25, 0.3) is 11.4 Å². The van der Waals surface area contributed by atoms with Crippen molar-refractivity contribution in [1.29, 1.82) is 0 Å². The number of pyridine rings is 1. The Balaban J connectivity index is 1.62. The van der Waals surface area contributed by atoms with Crippen LogP contribution in [0.25, 0.3) is 39.3 Å². The molecule has 0 aliphatic heterocycles. The Hall–Kier alpha value is -4.39. The second kappa shape index (κ2) is 9.10. The maximum Gasteiger partial charge on any atom is 0.262 e.